The largest absolute Gasteiger partial charge is 0.611 e. The summed E-state index contributed by atoms with van der Waals surface area (Å²) in [5.74, 6) is 0.540. The molecule has 2 unspecified atom stereocenters. The third-order valence-electron chi connectivity index (χ3n) is 7.26. The monoisotopic (exact) mass is 565 g/mol. The number of thiazole rings is 1. The summed E-state index contributed by atoms with van der Waals surface area (Å²) in [5, 5.41) is 11.1. The zero-order valence-corrected chi connectivity index (χ0v) is 24.2. The van der Waals surface area contributed by atoms with Gasteiger partial charge in [0.15, 0.2) is 0 Å². The van der Waals surface area contributed by atoms with Gasteiger partial charge in [0, 0.05) is 41.1 Å². The van der Waals surface area contributed by atoms with Crippen molar-refractivity contribution in [2.45, 2.75) is 62.2 Å². The number of nitrogens with one attached hydrogen (secondary N) is 3. The minimum absolute atomic E-state index is 0.0886. The van der Waals surface area contributed by atoms with Crippen molar-refractivity contribution >= 4 is 50.9 Å². The molecule has 0 aliphatic carbocycles. The molecular weight excluding hydrogens is 530 g/mol. The molecule has 0 amide bonds. The van der Waals surface area contributed by atoms with Gasteiger partial charge in [-0.15, -0.1) is 0 Å². The van der Waals surface area contributed by atoms with E-state index in [0.29, 0.717) is 27.5 Å². The van der Waals surface area contributed by atoms with Gasteiger partial charge < -0.3 is 20.5 Å². The van der Waals surface area contributed by atoms with Crippen LogP contribution in [-0.2, 0) is 17.7 Å². The minimum Gasteiger partial charge on any atom is -0.611 e. The van der Waals surface area contributed by atoms with Gasteiger partial charge in [-0.1, -0.05) is 25.2 Å². The second kappa shape index (κ2) is 12.5. The highest BCUT2D eigenvalue weighted by molar-refractivity contribution is 7.92. The number of pyridine rings is 1. The lowest BCUT2D eigenvalue weighted by molar-refractivity contribution is 0.480. The van der Waals surface area contributed by atoms with E-state index in [1.807, 2.05) is 30.3 Å². The SMILES string of the molecule is CCC(CC)c1cc2cnc(Nc3ccc(NC4CCCNC4)cc3)nc2n(Cc2ncsc2[S+](C)[O-])c1=O. The Bertz CT molecular complexity index is 1460. The Morgan fingerprint density at radius 3 is 2.67 bits per heavy atom. The average molecular weight is 566 g/mol. The van der Waals surface area contributed by atoms with Crippen LogP contribution in [0.2, 0.25) is 0 Å². The topological polar surface area (TPSA) is 120 Å². The second-order valence-corrected chi connectivity index (χ2v) is 12.3. The van der Waals surface area contributed by atoms with Crippen molar-refractivity contribution in [2.24, 2.45) is 0 Å². The molecule has 1 saturated heterocycles. The highest BCUT2D eigenvalue weighted by Crippen LogP contribution is 2.26. The van der Waals surface area contributed by atoms with E-state index in [0.717, 1.165) is 54.7 Å². The number of aromatic nitrogens is 4. The number of rotatable bonds is 10. The lowest BCUT2D eigenvalue weighted by atomic mass is 9.94. The summed E-state index contributed by atoms with van der Waals surface area (Å²) in [6, 6.07) is 10.4. The summed E-state index contributed by atoms with van der Waals surface area (Å²) in [7, 11) is 0. The van der Waals surface area contributed by atoms with Crippen LogP contribution in [0.5, 0.6) is 0 Å². The van der Waals surface area contributed by atoms with Crippen LogP contribution in [0.25, 0.3) is 11.0 Å². The van der Waals surface area contributed by atoms with Crippen LogP contribution in [0.3, 0.4) is 0 Å². The van der Waals surface area contributed by atoms with Crippen molar-refractivity contribution in [1.29, 1.82) is 0 Å². The summed E-state index contributed by atoms with van der Waals surface area (Å²) < 4.78 is 14.6. The zero-order chi connectivity index (χ0) is 27.4. The molecule has 4 aromatic rings. The molecule has 1 aliphatic heterocycles. The molecule has 5 rings (SSSR count). The molecule has 39 heavy (non-hydrogen) atoms. The Morgan fingerprint density at radius 1 is 1.21 bits per heavy atom. The van der Waals surface area contributed by atoms with Gasteiger partial charge in [0.25, 0.3) is 5.56 Å². The summed E-state index contributed by atoms with van der Waals surface area (Å²) >= 11 is 0.155. The van der Waals surface area contributed by atoms with E-state index in [2.05, 4.69) is 39.8 Å². The molecule has 0 bridgehead atoms. The van der Waals surface area contributed by atoms with Crippen LogP contribution >= 0.6 is 11.3 Å². The number of hydrogen-bond acceptors (Lipinski definition) is 9. The van der Waals surface area contributed by atoms with Crippen molar-refractivity contribution in [3.8, 4) is 0 Å². The van der Waals surface area contributed by atoms with Gasteiger partial charge in [-0.3, -0.25) is 9.36 Å². The summed E-state index contributed by atoms with van der Waals surface area (Å²) in [5.41, 5.74) is 5.43. The standard InChI is InChI=1S/C28H35N7O2S2/c1-4-18(5-2)23-13-19-14-30-28(33-21-10-8-20(9-11-21)32-22-7-6-12-29-15-22)34-25(19)35(26(23)36)16-24-27(39(3)37)38-17-31-24/h8-11,13-14,17-18,22,29,32H,4-7,12,15-16H2,1-3H3,(H,30,33,34). The predicted octanol–water partition coefficient (Wildman–Crippen LogP) is 4.84. The van der Waals surface area contributed by atoms with Gasteiger partial charge in [0.05, 0.1) is 12.1 Å². The molecular formula is C28H35N7O2S2. The maximum absolute atomic E-state index is 13.8. The van der Waals surface area contributed by atoms with Crippen LogP contribution in [0.15, 0.2) is 51.0 Å². The van der Waals surface area contributed by atoms with Crippen LogP contribution in [0.1, 0.15) is 56.7 Å². The molecule has 0 radical (unpaired) electrons. The molecule has 3 N–H and O–H groups in total. The molecule has 1 fully saturated rings. The van der Waals surface area contributed by atoms with Crippen LogP contribution in [-0.4, -0.2) is 49.5 Å². The van der Waals surface area contributed by atoms with Gasteiger partial charge in [0.1, 0.15) is 17.6 Å². The fourth-order valence-corrected chi connectivity index (χ4v) is 6.80. The number of fused-ring (bicyclic) bond motifs is 1. The van der Waals surface area contributed by atoms with Crippen molar-refractivity contribution in [3.05, 3.63) is 63.7 Å². The van der Waals surface area contributed by atoms with Gasteiger partial charge >= 0.3 is 0 Å². The average Bonchev–Trinajstić information content (AvgIpc) is 3.42. The number of piperidine rings is 1. The number of anilines is 3. The first-order valence-electron chi connectivity index (χ1n) is 13.5. The number of nitrogens with zero attached hydrogens (tertiary/aromatic N) is 4. The van der Waals surface area contributed by atoms with Crippen molar-refractivity contribution in [3.63, 3.8) is 0 Å². The van der Waals surface area contributed by atoms with Crippen molar-refractivity contribution < 1.29 is 4.55 Å². The Labute approximate surface area is 235 Å². The molecule has 2 atom stereocenters. The molecule has 4 heterocycles. The second-order valence-electron chi connectivity index (χ2n) is 9.91. The molecule has 0 saturated carbocycles. The lowest BCUT2D eigenvalue weighted by Crippen LogP contribution is -2.38. The molecule has 1 aliphatic rings. The van der Waals surface area contributed by atoms with E-state index in [1.54, 1.807) is 22.5 Å². The quantitative estimate of drug-likeness (QED) is 0.234. The van der Waals surface area contributed by atoms with E-state index in [4.69, 9.17) is 4.98 Å². The molecule has 11 heteroatoms. The van der Waals surface area contributed by atoms with E-state index in [1.165, 1.54) is 17.8 Å². The first kappa shape index (κ1) is 27.6. The maximum Gasteiger partial charge on any atom is 0.256 e. The third-order valence-corrected chi connectivity index (χ3v) is 9.67. The van der Waals surface area contributed by atoms with E-state index in [9.17, 15) is 9.35 Å². The normalized spacial score (nSPS) is 16.5. The smallest absolute Gasteiger partial charge is 0.256 e. The predicted molar refractivity (Wildman–Crippen MR) is 160 cm³/mol. The van der Waals surface area contributed by atoms with Gasteiger partial charge in [-0.05, 0) is 79.7 Å². The van der Waals surface area contributed by atoms with Crippen molar-refractivity contribution in [2.75, 3.05) is 30.0 Å². The highest BCUT2D eigenvalue weighted by Gasteiger charge is 2.22. The van der Waals surface area contributed by atoms with Gasteiger partial charge in [0.2, 0.25) is 10.2 Å². The highest BCUT2D eigenvalue weighted by atomic mass is 32.2. The third kappa shape index (κ3) is 6.27. The molecule has 3 aromatic heterocycles. The fraction of sp³-hybridized carbons (Fsp3) is 0.429. The van der Waals surface area contributed by atoms with E-state index < -0.39 is 11.2 Å². The summed E-state index contributed by atoms with van der Waals surface area (Å²) in [6.45, 7) is 6.45. The van der Waals surface area contributed by atoms with Crippen LogP contribution < -0.4 is 21.5 Å². The Kier molecular flexibility index (Phi) is 8.81. The zero-order valence-electron chi connectivity index (χ0n) is 22.6. The van der Waals surface area contributed by atoms with Crippen LogP contribution in [0, 0.1) is 0 Å². The molecule has 1 aromatic carbocycles. The van der Waals surface area contributed by atoms with E-state index in [-0.39, 0.29) is 18.0 Å². The Balaban J connectivity index is 1.47. The Morgan fingerprint density at radius 2 is 1.97 bits per heavy atom. The molecule has 9 nitrogen and oxygen atoms in total. The summed E-state index contributed by atoms with van der Waals surface area (Å²) in [6.07, 6.45) is 7.46. The van der Waals surface area contributed by atoms with Gasteiger partial charge in [-0.25, -0.2) is 9.97 Å². The van der Waals surface area contributed by atoms with Crippen LogP contribution in [0.4, 0.5) is 17.3 Å². The summed E-state index contributed by atoms with van der Waals surface area (Å²) in [4.78, 5) is 27.6. The number of benzene rings is 1. The molecule has 0 spiro atoms. The lowest BCUT2D eigenvalue weighted by Gasteiger charge is -2.24. The number of hydrogen-bond donors (Lipinski definition) is 3. The minimum atomic E-state index is -1.19. The van der Waals surface area contributed by atoms with Gasteiger partial charge in [-0.2, -0.15) is 4.98 Å². The van der Waals surface area contributed by atoms with E-state index >= 15 is 0 Å². The molecule has 206 valence electrons. The van der Waals surface area contributed by atoms with Crippen molar-refractivity contribution in [1.82, 2.24) is 24.8 Å². The first-order chi connectivity index (χ1) is 19.0. The Hall–Kier alpha value is -2.99. The first-order valence-corrected chi connectivity index (χ1v) is 15.9. The maximum atomic E-state index is 13.8. The fourth-order valence-electron chi connectivity index (χ4n) is 5.15.